The summed E-state index contributed by atoms with van der Waals surface area (Å²) in [5.41, 5.74) is -0.502. The molecule has 0 aliphatic carbocycles. The fourth-order valence-corrected chi connectivity index (χ4v) is 2.66. The number of carbonyl (C=O) groups excluding carboxylic acids is 2. The Morgan fingerprint density at radius 1 is 0.615 bits per heavy atom. The maximum Gasteiger partial charge on any atom is 0.272 e. The summed E-state index contributed by atoms with van der Waals surface area (Å²) in [6, 6.07) is 14.7. The molecule has 126 valence electrons. The molecule has 6 heteroatoms. The van der Waals surface area contributed by atoms with Crippen LogP contribution in [0.2, 0.25) is 0 Å². The van der Waals surface area contributed by atoms with Gasteiger partial charge in [0.25, 0.3) is 11.6 Å². The van der Waals surface area contributed by atoms with Crippen molar-refractivity contribution in [3.8, 4) is 0 Å². The first-order valence-electron chi connectivity index (χ1n) is 7.69. The quantitative estimate of drug-likeness (QED) is 0.418. The van der Waals surface area contributed by atoms with Crippen LogP contribution in [-0.4, -0.2) is 11.6 Å². The fourth-order valence-electron chi connectivity index (χ4n) is 2.66. The van der Waals surface area contributed by atoms with Crippen LogP contribution in [0.5, 0.6) is 0 Å². The molecule has 4 rings (SSSR count). The zero-order valence-electron chi connectivity index (χ0n) is 13.2. The Kier molecular flexibility index (Phi) is 3.58. The molecule has 6 nitrogen and oxygen atoms in total. The summed E-state index contributed by atoms with van der Waals surface area (Å²) in [7, 11) is 0. The molecule has 0 saturated carbocycles. The van der Waals surface area contributed by atoms with Crippen LogP contribution in [-0.2, 0) is 0 Å². The Labute approximate surface area is 145 Å². The molecule has 2 aromatic heterocycles. The first-order chi connectivity index (χ1) is 12.5. The maximum absolute atomic E-state index is 12.4. The molecular formula is C20H10O6. The summed E-state index contributed by atoms with van der Waals surface area (Å²) in [5, 5.41) is 0.600. The Bertz CT molecular complexity index is 1210. The lowest BCUT2D eigenvalue weighted by molar-refractivity contribution is 0.0786. The topological polar surface area (TPSA) is 94.6 Å². The normalized spacial score (nSPS) is 10.9. The number of hydrogen-bond donors (Lipinski definition) is 0. The van der Waals surface area contributed by atoms with Gasteiger partial charge in [-0.3, -0.25) is 19.2 Å². The highest BCUT2D eigenvalue weighted by Gasteiger charge is 2.25. The Hall–Kier alpha value is -3.80. The average Bonchev–Trinajstić information content (AvgIpc) is 2.66. The lowest BCUT2D eigenvalue weighted by atomic mass is 10.1. The summed E-state index contributed by atoms with van der Waals surface area (Å²) in [4.78, 5) is 49.1. The van der Waals surface area contributed by atoms with Gasteiger partial charge >= 0.3 is 0 Å². The van der Waals surface area contributed by atoms with Crippen LogP contribution in [0.25, 0.3) is 21.9 Å². The average molecular weight is 346 g/mol. The van der Waals surface area contributed by atoms with Crippen molar-refractivity contribution in [3.63, 3.8) is 0 Å². The van der Waals surface area contributed by atoms with E-state index < -0.39 is 33.9 Å². The fraction of sp³-hybridized carbons (Fsp3) is 0. The van der Waals surface area contributed by atoms with Gasteiger partial charge in [0.05, 0.1) is 10.8 Å². The number of carbonyl (C=O) groups is 2. The van der Waals surface area contributed by atoms with E-state index in [9.17, 15) is 19.2 Å². The zero-order chi connectivity index (χ0) is 18.3. The number of hydrogen-bond acceptors (Lipinski definition) is 6. The van der Waals surface area contributed by atoms with E-state index in [1.165, 1.54) is 12.1 Å². The van der Waals surface area contributed by atoms with Gasteiger partial charge in [-0.25, -0.2) is 0 Å². The molecule has 26 heavy (non-hydrogen) atoms. The number of benzene rings is 2. The van der Waals surface area contributed by atoms with Crippen molar-refractivity contribution in [2.75, 3.05) is 0 Å². The van der Waals surface area contributed by atoms with Gasteiger partial charge in [0.2, 0.25) is 0 Å². The van der Waals surface area contributed by atoms with Crippen molar-refractivity contribution < 1.29 is 18.4 Å². The Morgan fingerprint density at radius 3 is 1.42 bits per heavy atom. The van der Waals surface area contributed by atoms with Crippen molar-refractivity contribution in [2.24, 2.45) is 0 Å². The highest BCUT2D eigenvalue weighted by atomic mass is 16.4. The molecule has 0 spiro atoms. The predicted octanol–water partition coefficient (Wildman–Crippen LogP) is 2.97. The van der Waals surface area contributed by atoms with Crippen molar-refractivity contribution in [3.05, 3.63) is 92.6 Å². The molecule has 0 amide bonds. The van der Waals surface area contributed by atoms with Crippen molar-refractivity contribution in [2.45, 2.75) is 0 Å². The van der Waals surface area contributed by atoms with Crippen molar-refractivity contribution >= 4 is 33.5 Å². The van der Waals surface area contributed by atoms with Gasteiger partial charge in [0, 0.05) is 12.1 Å². The van der Waals surface area contributed by atoms with E-state index in [1.807, 2.05) is 0 Å². The van der Waals surface area contributed by atoms with E-state index in [2.05, 4.69) is 0 Å². The number of rotatable bonds is 3. The molecule has 0 saturated heterocycles. The summed E-state index contributed by atoms with van der Waals surface area (Å²) >= 11 is 0. The van der Waals surface area contributed by atoms with Crippen LogP contribution in [0.4, 0.5) is 0 Å². The standard InChI is InChI=1S/C20H10O6/c21-13-9-17(25-15-7-3-1-5-11(13)15)19(23)20(24)18-10-14(22)12-6-2-4-8-16(12)26-18/h1-10H. The van der Waals surface area contributed by atoms with E-state index in [0.29, 0.717) is 10.8 Å². The summed E-state index contributed by atoms with van der Waals surface area (Å²) in [6.45, 7) is 0. The van der Waals surface area contributed by atoms with Gasteiger partial charge in [-0.05, 0) is 24.3 Å². The van der Waals surface area contributed by atoms with Crippen LogP contribution in [0.15, 0.2) is 79.1 Å². The lowest BCUT2D eigenvalue weighted by Gasteiger charge is -2.03. The van der Waals surface area contributed by atoms with Crippen LogP contribution < -0.4 is 10.9 Å². The molecule has 0 radical (unpaired) electrons. The second-order valence-electron chi connectivity index (χ2n) is 5.60. The minimum Gasteiger partial charge on any atom is -0.452 e. The van der Waals surface area contributed by atoms with Crippen LogP contribution in [0.1, 0.15) is 21.1 Å². The van der Waals surface area contributed by atoms with E-state index in [1.54, 1.807) is 36.4 Å². The highest BCUT2D eigenvalue weighted by Crippen LogP contribution is 2.16. The first-order valence-corrected chi connectivity index (χ1v) is 7.69. The second kappa shape index (κ2) is 5.93. The minimum atomic E-state index is -1.06. The lowest BCUT2D eigenvalue weighted by Crippen LogP contribution is -2.18. The summed E-state index contributed by atoms with van der Waals surface area (Å²) in [5.74, 6) is -2.94. The van der Waals surface area contributed by atoms with E-state index >= 15 is 0 Å². The molecule has 2 aromatic carbocycles. The Balaban J connectivity index is 1.81. The highest BCUT2D eigenvalue weighted by molar-refractivity contribution is 6.48. The predicted molar refractivity (Wildman–Crippen MR) is 93.6 cm³/mol. The molecule has 0 bridgehead atoms. The van der Waals surface area contributed by atoms with Gasteiger partial charge in [-0.15, -0.1) is 0 Å². The second-order valence-corrected chi connectivity index (χ2v) is 5.60. The molecule has 0 atom stereocenters. The third-order valence-electron chi connectivity index (χ3n) is 3.92. The molecule has 2 heterocycles. The third kappa shape index (κ3) is 2.53. The molecule has 0 N–H and O–H groups in total. The molecular weight excluding hydrogens is 336 g/mol. The van der Waals surface area contributed by atoms with Gasteiger partial charge in [-0.1, -0.05) is 24.3 Å². The largest absolute Gasteiger partial charge is 0.452 e. The molecule has 0 aliphatic rings. The van der Waals surface area contributed by atoms with E-state index in [4.69, 9.17) is 8.83 Å². The minimum absolute atomic E-state index is 0.191. The summed E-state index contributed by atoms with van der Waals surface area (Å²) in [6.07, 6.45) is 0. The van der Waals surface area contributed by atoms with Crippen LogP contribution >= 0.6 is 0 Å². The number of para-hydroxylation sites is 2. The van der Waals surface area contributed by atoms with Gasteiger partial charge in [0.15, 0.2) is 22.4 Å². The smallest absolute Gasteiger partial charge is 0.272 e. The first kappa shape index (κ1) is 15.7. The van der Waals surface area contributed by atoms with Crippen LogP contribution in [0.3, 0.4) is 0 Å². The van der Waals surface area contributed by atoms with Crippen molar-refractivity contribution in [1.82, 2.24) is 0 Å². The van der Waals surface area contributed by atoms with E-state index in [-0.39, 0.29) is 11.2 Å². The summed E-state index contributed by atoms with van der Waals surface area (Å²) < 4.78 is 10.7. The molecule has 0 fully saturated rings. The van der Waals surface area contributed by atoms with Gasteiger partial charge < -0.3 is 8.83 Å². The van der Waals surface area contributed by atoms with Gasteiger partial charge in [-0.2, -0.15) is 0 Å². The van der Waals surface area contributed by atoms with Crippen LogP contribution in [0, 0.1) is 0 Å². The molecule has 0 aliphatic heterocycles. The maximum atomic E-state index is 12.4. The SMILES string of the molecule is O=C(C(=O)c1cc(=O)c2ccccc2o1)c1cc(=O)c2ccccc2o1. The van der Waals surface area contributed by atoms with E-state index in [0.717, 1.165) is 12.1 Å². The van der Waals surface area contributed by atoms with Crippen molar-refractivity contribution in [1.29, 1.82) is 0 Å². The van der Waals surface area contributed by atoms with Gasteiger partial charge in [0.1, 0.15) is 11.2 Å². The third-order valence-corrected chi connectivity index (χ3v) is 3.92. The number of Topliss-reactive ketones (excluding diaryl/α,β-unsaturated/α-hetero) is 2. The Morgan fingerprint density at radius 2 is 1.00 bits per heavy atom. The number of fused-ring (bicyclic) bond motifs is 2. The monoisotopic (exact) mass is 346 g/mol. The number of ketones is 2. The zero-order valence-corrected chi connectivity index (χ0v) is 13.2. The molecule has 4 aromatic rings. The molecule has 0 unspecified atom stereocenters.